The zero-order chi connectivity index (χ0) is 29.3. The third kappa shape index (κ3) is 5.28. The van der Waals surface area contributed by atoms with Gasteiger partial charge in [0, 0.05) is 61.8 Å². The third-order valence-corrected chi connectivity index (χ3v) is 6.47. The van der Waals surface area contributed by atoms with Crippen molar-refractivity contribution in [1.29, 1.82) is 0 Å². The second-order valence-corrected chi connectivity index (χ2v) is 9.63. The number of hydrogen-bond acceptors (Lipinski definition) is 7. The molecule has 0 unspecified atom stereocenters. The number of carbonyl (C=O) groups excluding carboxylic acids is 3. The van der Waals surface area contributed by atoms with E-state index in [1.165, 1.54) is 25.1 Å². The molecule has 1 N–H and O–H groups in total. The first-order valence-corrected chi connectivity index (χ1v) is 12.5. The molecule has 1 aliphatic heterocycles. The molecule has 40 heavy (non-hydrogen) atoms. The van der Waals surface area contributed by atoms with Crippen LogP contribution < -0.4 is 14.8 Å². The second kappa shape index (κ2) is 11.0. The van der Waals surface area contributed by atoms with Crippen LogP contribution in [0.4, 0.5) is 5.69 Å². The van der Waals surface area contributed by atoms with E-state index in [-0.39, 0.29) is 17.5 Å². The Morgan fingerprint density at radius 1 is 0.950 bits per heavy atom. The van der Waals surface area contributed by atoms with E-state index >= 15 is 0 Å². The number of carbonyl (C=O) groups is 4. The molecule has 2 amide bonds. The molecule has 0 atom stereocenters. The summed E-state index contributed by atoms with van der Waals surface area (Å²) in [6, 6.07) is 15.4. The van der Waals surface area contributed by atoms with Crippen molar-refractivity contribution >= 4 is 40.4 Å². The Labute approximate surface area is 230 Å². The molecule has 2 aromatic rings. The van der Waals surface area contributed by atoms with Gasteiger partial charge in [-0.15, -0.1) is 5.06 Å². The van der Waals surface area contributed by atoms with Crippen molar-refractivity contribution in [2.24, 2.45) is 0 Å². The highest BCUT2D eigenvalue weighted by Gasteiger charge is 2.26. The van der Waals surface area contributed by atoms with Crippen molar-refractivity contribution in [3.05, 3.63) is 71.1 Å². The van der Waals surface area contributed by atoms with Gasteiger partial charge in [-0.1, -0.05) is 13.0 Å². The number of imide groups is 1. The van der Waals surface area contributed by atoms with Gasteiger partial charge >= 0.3 is 11.9 Å². The Morgan fingerprint density at radius 2 is 1.65 bits per heavy atom. The van der Waals surface area contributed by atoms with Gasteiger partial charge in [-0.05, 0) is 35.9 Å². The maximum atomic E-state index is 12.8. The van der Waals surface area contributed by atoms with Crippen LogP contribution in [0, 0.1) is 0 Å². The van der Waals surface area contributed by atoms with Crippen LogP contribution in [0.15, 0.2) is 59.0 Å². The average molecular weight is 545 g/mol. The number of carboxylic acid groups (broad SMARTS) is 1. The normalized spacial score (nSPS) is 10.8. The van der Waals surface area contributed by atoms with Crippen LogP contribution >= 0.6 is 0 Å². The van der Waals surface area contributed by atoms with Crippen molar-refractivity contribution in [3.8, 4) is 22.5 Å². The first-order valence-electron chi connectivity index (χ1n) is 12.5. The van der Waals surface area contributed by atoms with Gasteiger partial charge in [0.1, 0.15) is 25.4 Å². The lowest BCUT2D eigenvalue weighted by atomic mass is 9.89. The lowest BCUT2D eigenvalue weighted by Gasteiger charge is -2.19. The summed E-state index contributed by atoms with van der Waals surface area (Å²) >= 11 is 0. The highest BCUT2D eigenvalue weighted by Crippen LogP contribution is 2.42. The molecule has 4 rings (SSSR count). The number of benzene rings is 3. The van der Waals surface area contributed by atoms with E-state index in [1.807, 2.05) is 74.1 Å². The van der Waals surface area contributed by atoms with Crippen molar-refractivity contribution in [1.82, 2.24) is 9.64 Å². The van der Waals surface area contributed by atoms with Crippen LogP contribution in [0.2, 0.25) is 0 Å². The molecule has 0 saturated heterocycles. The Kier molecular flexibility index (Phi) is 7.72. The van der Waals surface area contributed by atoms with E-state index in [2.05, 4.69) is 0 Å². The van der Waals surface area contributed by atoms with Crippen LogP contribution in [-0.4, -0.2) is 62.1 Å². The van der Waals surface area contributed by atoms with E-state index in [4.69, 9.17) is 9.25 Å². The summed E-state index contributed by atoms with van der Waals surface area (Å²) in [5.41, 5.74) is 2.83. The number of anilines is 1. The van der Waals surface area contributed by atoms with Crippen molar-refractivity contribution in [2.75, 3.05) is 33.1 Å². The van der Waals surface area contributed by atoms with E-state index < -0.39 is 23.8 Å². The molecule has 1 aliphatic carbocycles. The number of carboxylic acids is 1. The van der Waals surface area contributed by atoms with E-state index in [0.717, 1.165) is 18.0 Å². The molecule has 0 spiro atoms. The van der Waals surface area contributed by atoms with E-state index in [1.54, 1.807) is 0 Å². The highest BCUT2D eigenvalue weighted by atomic mass is 16.7. The molecule has 2 aliphatic rings. The number of hydrogen-bond donors (Lipinski definition) is 1. The zero-order valence-corrected chi connectivity index (χ0v) is 23.1. The first-order chi connectivity index (χ1) is 18.9. The van der Waals surface area contributed by atoms with Crippen LogP contribution in [-0.2, 0) is 14.4 Å². The van der Waals surface area contributed by atoms with Gasteiger partial charge in [-0.25, -0.2) is 14.2 Å². The minimum Gasteiger partial charge on any atom is -0.478 e. The topological polar surface area (TPSA) is 120 Å². The Morgan fingerprint density at radius 3 is 2.25 bits per heavy atom. The fourth-order valence-corrected chi connectivity index (χ4v) is 4.35. The van der Waals surface area contributed by atoms with Crippen LogP contribution in [0.5, 0.6) is 0 Å². The van der Waals surface area contributed by atoms with Crippen molar-refractivity contribution in [2.45, 2.75) is 20.3 Å². The Balaban J connectivity index is 1.96. The van der Waals surface area contributed by atoms with Crippen LogP contribution in [0.1, 0.15) is 41.0 Å². The molecule has 10 nitrogen and oxygen atoms in total. The van der Waals surface area contributed by atoms with Crippen LogP contribution in [0.25, 0.3) is 33.4 Å². The minimum atomic E-state index is -1.27. The van der Waals surface area contributed by atoms with E-state index in [0.29, 0.717) is 38.5 Å². The molecular formula is C30H30N3O7+. The third-order valence-electron chi connectivity index (χ3n) is 6.47. The van der Waals surface area contributed by atoms with E-state index in [9.17, 15) is 24.3 Å². The maximum absolute atomic E-state index is 12.8. The van der Waals surface area contributed by atoms with Gasteiger partial charge in [-0.2, -0.15) is 0 Å². The molecule has 0 aromatic heterocycles. The molecular weight excluding hydrogens is 514 g/mol. The standard InChI is InChI=1S/C30H29N3O7/c1-7-27(35)33(17(2)34)40-30(38)18-8-11-21(24(14-18)29(36)37)28-22-12-9-19(31(3)4)15-25(22)39-26-16-20(32(5)6)10-13-23(26)28/h8-16H,7H2,1-6H3/p+1. The predicted molar refractivity (Wildman–Crippen MR) is 150 cm³/mol. The molecule has 0 radical (unpaired) electrons. The molecule has 0 fully saturated rings. The van der Waals surface area contributed by atoms with Crippen molar-refractivity contribution < 1.29 is 33.5 Å². The van der Waals surface area contributed by atoms with Gasteiger partial charge in [0.2, 0.25) is 5.36 Å². The monoisotopic (exact) mass is 544 g/mol. The van der Waals surface area contributed by atoms with Gasteiger partial charge in [0.15, 0.2) is 0 Å². The molecule has 0 bridgehead atoms. The summed E-state index contributed by atoms with van der Waals surface area (Å²) < 4.78 is 8.24. The quantitative estimate of drug-likeness (QED) is 0.229. The molecule has 2 aromatic carbocycles. The minimum absolute atomic E-state index is 0.0591. The summed E-state index contributed by atoms with van der Waals surface area (Å²) in [7, 11) is 7.65. The van der Waals surface area contributed by atoms with Gasteiger partial charge in [0.25, 0.3) is 11.8 Å². The van der Waals surface area contributed by atoms with Gasteiger partial charge < -0.3 is 19.3 Å². The summed E-state index contributed by atoms with van der Waals surface area (Å²) in [6.07, 6.45) is -0.0591. The number of rotatable bonds is 5. The number of hydroxylamine groups is 2. The Hall–Kier alpha value is -4.99. The fraction of sp³-hybridized carbons (Fsp3) is 0.233. The number of fused-ring (bicyclic) bond motifs is 2. The molecule has 1 heterocycles. The first kappa shape index (κ1) is 28.0. The lowest BCUT2D eigenvalue weighted by Crippen LogP contribution is -2.36. The fourth-order valence-electron chi connectivity index (χ4n) is 4.35. The summed E-state index contributed by atoms with van der Waals surface area (Å²) in [6.45, 7) is 2.61. The number of nitrogens with zero attached hydrogens (tertiary/aromatic N) is 3. The molecule has 206 valence electrons. The zero-order valence-electron chi connectivity index (χ0n) is 23.1. The van der Waals surface area contributed by atoms with Crippen LogP contribution in [0.3, 0.4) is 0 Å². The number of amides is 2. The summed E-state index contributed by atoms with van der Waals surface area (Å²) in [4.78, 5) is 56.2. The summed E-state index contributed by atoms with van der Waals surface area (Å²) in [5, 5.41) is 12.2. The highest BCUT2D eigenvalue weighted by molar-refractivity contribution is 6.09. The SMILES string of the molecule is CCC(=O)N(OC(=O)c1ccc(-c2c3ccc(=[N+](C)C)cc-3oc3cc(N(C)C)ccc23)c(C(=O)O)c1)C(C)=O. The predicted octanol–water partition coefficient (Wildman–Crippen LogP) is 3.86. The maximum Gasteiger partial charge on any atom is 0.363 e. The smallest absolute Gasteiger partial charge is 0.363 e. The summed E-state index contributed by atoms with van der Waals surface area (Å²) in [5.74, 6) is -3.21. The number of aromatic carboxylic acids is 1. The lowest BCUT2D eigenvalue weighted by molar-refractivity contribution is -0.178. The largest absolute Gasteiger partial charge is 0.478 e. The average Bonchev–Trinajstić information content (AvgIpc) is 2.92. The van der Waals surface area contributed by atoms with Gasteiger partial charge in [-0.3, -0.25) is 9.59 Å². The van der Waals surface area contributed by atoms with Crippen molar-refractivity contribution in [3.63, 3.8) is 0 Å². The van der Waals surface area contributed by atoms with Gasteiger partial charge in [0.05, 0.1) is 17.2 Å². The Bertz CT molecular complexity index is 1710. The molecule has 0 saturated carbocycles. The molecule has 10 heteroatoms. The second-order valence-electron chi connectivity index (χ2n) is 9.63.